The van der Waals surface area contributed by atoms with Gasteiger partial charge >= 0.3 is 0 Å². The van der Waals surface area contributed by atoms with E-state index in [-0.39, 0.29) is 23.8 Å². The van der Waals surface area contributed by atoms with Crippen molar-refractivity contribution in [3.63, 3.8) is 0 Å². The van der Waals surface area contributed by atoms with Crippen LogP contribution in [0.3, 0.4) is 0 Å². The number of hydrogen-bond acceptors (Lipinski definition) is 2. The highest BCUT2D eigenvalue weighted by Gasteiger charge is 2.14. The van der Waals surface area contributed by atoms with Crippen molar-refractivity contribution in [2.75, 3.05) is 6.61 Å². The molecule has 1 amide bonds. The molecule has 0 aromatic heterocycles. The summed E-state index contributed by atoms with van der Waals surface area (Å²) in [6, 6.07) is 4.33. The lowest BCUT2D eigenvalue weighted by Gasteiger charge is -2.20. The van der Waals surface area contributed by atoms with E-state index < -0.39 is 5.82 Å². The van der Waals surface area contributed by atoms with Crippen molar-refractivity contribution in [2.45, 2.75) is 26.3 Å². The molecule has 0 unspecified atom stereocenters. The van der Waals surface area contributed by atoms with Crippen LogP contribution in [0.15, 0.2) is 22.7 Å². The van der Waals surface area contributed by atoms with E-state index in [1.54, 1.807) is 6.07 Å². The maximum absolute atomic E-state index is 13.3. The van der Waals surface area contributed by atoms with Crippen LogP contribution in [0.2, 0.25) is 0 Å². The van der Waals surface area contributed by atoms with E-state index in [2.05, 4.69) is 21.2 Å². The second-order valence-corrected chi connectivity index (χ2v) is 5.58. The van der Waals surface area contributed by atoms with Gasteiger partial charge < -0.3 is 10.1 Å². The number of ether oxygens (including phenoxy) is 1. The van der Waals surface area contributed by atoms with E-state index in [1.807, 2.05) is 20.8 Å². The Labute approximate surface area is 108 Å². The molecule has 1 aromatic rings. The number of amides is 1. The number of halogens is 2. The first-order valence-electron chi connectivity index (χ1n) is 5.17. The molecule has 3 nitrogen and oxygen atoms in total. The van der Waals surface area contributed by atoms with E-state index in [0.717, 1.165) is 0 Å². The Balaban J connectivity index is 2.56. The van der Waals surface area contributed by atoms with E-state index in [4.69, 9.17) is 4.74 Å². The molecular weight excluding hydrogens is 289 g/mol. The Morgan fingerprint density at radius 1 is 1.47 bits per heavy atom. The molecule has 0 saturated carbocycles. The maximum atomic E-state index is 13.3. The second-order valence-electron chi connectivity index (χ2n) is 4.66. The molecular formula is C12H15BrFNO2. The first kappa shape index (κ1) is 14.0. The number of rotatable bonds is 3. The summed E-state index contributed by atoms with van der Waals surface area (Å²) in [6.07, 6.45) is 0. The Morgan fingerprint density at radius 2 is 2.12 bits per heavy atom. The van der Waals surface area contributed by atoms with Gasteiger partial charge in [0.05, 0.1) is 0 Å². The first-order chi connectivity index (χ1) is 7.78. The van der Waals surface area contributed by atoms with Gasteiger partial charge in [-0.1, -0.05) is 15.9 Å². The van der Waals surface area contributed by atoms with Crippen molar-refractivity contribution < 1.29 is 13.9 Å². The van der Waals surface area contributed by atoms with Gasteiger partial charge in [-0.15, -0.1) is 0 Å². The maximum Gasteiger partial charge on any atom is 0.258 e. The molecule has 1 rings (SSSR count). The topological polar surface area (TPSA) is 38.3 Å². The Bertz CT molecular complexity index is 415. The van der Waals surface area contributed by atoms with Gasteiger partial charge in [-0.3, -0.25) is 4.79 Å². The number of nitrogens with one attached hydrogen (secondary N) is 1. The standard InChI is InChI=1S/C12H15BrFNO2/c1-12(2,3)15-11(16)7-17-10-6-8(13)4-5-9(10)14/h4-6H,7H2,1-3H3,(H,15,16). The van der Waals surface area contributed by atoms with Crippen LogP contribution in [0.4, 0.5) is 4.39 Å². The van der Waals surface area contributed by atoms with Gasteiger partial charge in [0.25, 0.3) is 5.91 Å². The largest absolute Gasteiger partial charge is 0.481 e. The molecule has 0 spiro atoms. The van der Waals surface area contributed by atoms with Gasteiger partial charge in [0.15, 0.2) is 18.2 Å². The van der Waals surface area contributed by atoms with Crippen LogP contribution in [0.25, 0.3) is 0 Å². The van der Waals surface area contributed by atoms with Gasteiger partial charge in [-0.25, -0.2) is 4.39 Å². The van der Waals surface area contributed by atoms with Gasteiger partial charge in [0.1, 0.15) is 0 Å². The number of carbonyl (C=O) groups excluding carboxylic acids is 1. The van der Waals surface area contributed by atoms with Crippen molar-refractivity contribution in [1.29, 1.82) is 0 Å². The van der Waals surface area contributed by atoms with Crippen LogP contribution in [0.5, 0.6) is 5.75 Å². The smallest absolute Gasteiger partial charge is 0.258 e. The minimum Gasteiger partial charge on any atom is -0.481 e. The molecule has 0 atom stereocenters. The second kappa shape index (κ2) is 5.49. The molecule has 17 heavy (non-hydrogen) atoms. The number of benzene rings is 1. The molecule has 0 aliphatic heterocycles. The first-order valence-corrected chi connectivity index (χ1v) is 5.96. The normalized spacial score (nSPS) is 11.1. The summed E-state index contributed by atoms with van der Waals surface area (Å²) in [6.45, 7) is 5.39. The lowest BCUT2D eigenvalue weighted by Crippen LogP contribution is -2.43. The van der Waals surface area contributed by atoms with E-state index in [0.29, 0.717) is 4.47 Å². The summed E-state index contributed by atoms with van der Waals surface area (Å²) in [4.78, 5) is 11.5. The quantitative estimate of drug-likeness (QED) is 0.932. The van der Waals surface area contributed by atoms with Crippen molar-refractivity contribution in [2.24, 2.45) is 0 Å². The third-order valence-electron chi connectivity index (χ3n) is 1.77. The average molecular weight is 304 g/mol. The molecule has 1 N–H and O–H groups in total. The van der Waals surface area contributed by atoms with Crippen molar-refractivity contribution in [3.05, 3.63) is 28.5 Å². The molecule has 94 valence electrons. The van der Waals surface area contributed by atoms with Crippen LogP contribution in [-0.4, -0.2) is 18.1 Å². The molecule has 0 aliphatic rings. The van der Waals surface area contributed by atoms with E-state index >= 15 is 0 Å². The molecule has 0 bridgehead atoms. The highest BCUT2D eigenvalue weighted by Crippen LogP contribution is 2.22. The predicted molar refractivity (Wildman–Crippen MR) is 67.5 cm³/mol. The zero-order chi connectivity index (χ0) is 13.1. The van der Waals surface area contributed by atoms with Crippen molar-refractivity contribution in [1.82, 2.24) is 5.32 Å². The summed E-state index contributed by atoms with van der Waals surface area (Å²) in [7, 11) is 0. The Morgan fingerprint density at radius 3 is 2.71 bits per heavy atom. The molecule has 1 aromatic carbocycles. The lowest BCUT2D eigenvalue weighted by molar-refractivity contribution is -0.124. The molecule has 0 radical (unpaired) electrons. The molecule has 0 saturated heterocycles. The van der Waals surface area contributed by atoms with Gasteiger partial charge in [-0.2, -0.15) is 0 Å². The lowest BCUT2D eigenvalue weighted by atomic mass is 10.1. The fraction of sp³-hybridized carbons (Fsp3) is 0.417. The van der Waals surface area contributed by atoms with Gasteiger partial charge in [0, 0.05) is 10.0 Å². The fourth-order valence-electron chi connectivity index (χ4n) is 1.19. The zero-order valence-corrected chi connectivity index (χ0v) is 11.6. The minimum absolute atomic E-state index is 0.0587. The summed E-state index contributed by atoms with van der Waals surface area (Å²) in [5.74, 6) is -0.711. The highest BCUT2D eigenvalue weighted by molar-refractivity contribution is 9.10. The van der Waals surface area contributed by atoms with Gasteiger partial charge in [-0.05, 0) is 39.0 Å². The van der Waals surface area contributed by atoms with Crippen LogP contribution < -0.4 is 10.1 Å². The summed E-state index contributed by atoms with van der Waals surface area (Å²) in [5, 5.41) is 2.73. The average Bonchev–Trinajstić information content (AvgIpc) is 2.17. The Kier molecular flexibility index (Phi) is 4.51. The fourth-order valence-corrected chi connectivity index (χ4v) is 1.53. The molecule has 5 heteroatoms. The van der Waals surface area contributed by atoms with Crippen molar-refractivity contribution in [3.8, 4) is 5.75 Å². The zero-order valence-electron chi connectivity index (χ0n) is 10.0. The molecule has 0 fully saturated rings. The third kappa shape index (κ3) is 5.17. The monoisotopic (exact) mass is 303 g/mol. The number of carbonyl (C=O) groups is 1. The van der Waals surface area contributed by atoms with Crippen molar-refractivity contribution >= 4 is 21.8 Å². The van der Waals surface area contributed by atoms with Crippen LogP contribution in [0.1, 0.15) is 20.8 Å². The minimum atomic E-state index is -0.489. The van der Waals surface area contributed by atoms with E-state index in [1.165, 1.54) is 12.1 Å². The summed E-state index contributed by atoms with van der Waals surface area (Å²) >= 11 is 3.20. The summed E-state index contributed by atoms with van der Waals surface area (Å²) in [5.41, 5.74) is -0.323. The number of hydrogen-bond donors (Lipinski definition) is 1. The molecule has 0 heterocycles. The SMILES string of the molecule is CC(C)(C)NC(=O)COc1cc(Br)ccc1F. The van der Waals surface area contributed by atoms with Crippen LogP contribution in [0, 0.1) is 5.82 Å². The summed E-state index contributed by atoms with van der Waals surface area (Å²) < 4.78 is 19.1. The highest BCUT2D eigenvalue weighted by atomic mass is 79.9. The van der Waals surface area contributed by atoms with E-state index in [9.17, 15) is 9.18 Å². The predicted octanol–water partition coefficient (Wildman–Crippen LogP) is 2.88. The van der Waals surface area contributed by atoms with Gasteiger partial charge in [0.2, 0.25) is 0 Å². The third-order valence-corrected chi connectivity index (χ3v) is 2.26. The Hall–Kier alpha value is -1.10. The molecule has 0 aliphatic carbocycles. The van der Waals surface area contributed by atoms with Crippen LogP contribution in [-0.2, 0) is 4.79 Å². The van der Waals surface area contributed by atoms with Crippen LogP contribution >= 0.6 is 15.9 Å².